The first-order valence-corrected chi connectivity index (χ1v) is 11.2. The van der Waals surface area contributed by atoms with Crippen molar-refractivity contribution in [2.75, 3.05) is 6.54 Å². The highest BCUT2D eigenvalue weighted by Crippen LogP contribution is 2.30. The van der Waals surface area contributed by atoms with Gasteiger partial charge >= 0.3 is 0 Å². The zero-order valence-electron chi connectivity index (χ0n) is 18.9. The number of aromatic nitrogens is 2. The average Bonchev–Trinajstić information content (AvgIpc) is 2.86. The van der Waals surface area contributed by atoms with E-state index in [4.69, 9.17) is 16.3 Å². The van der Waals surface area contributed by atoms with E-state index >= 15 is 0 Å². The molecule has 0 radical (unpaired) electrons. The van der Waals surface area contributed by atoms with Gasteiger partial charge in [0.15, 0.2) is 0 Å². The summed E-state index contributed by atoms with van der Waals surface area (Å²) in [5.41, 5.74) is 1.44. The molecule has 4 rings (SSSR count). The molecule has 0 unspecified atom stereocenters. The molecule has 0 fully saturated rings. The Kier molecular flexibility index (Phi) is 7.24. The molecule has 0 aliphatic heterocycles. The van der Waals surface area contributed by atoms with E-state index in [1.54, 1.807) is 36.5 Å². The SMILES string of the molecule is Cc1cccn2c(=O)c(C=C(C#N)C(=O)NCCc3ccccc3)c(Oc3ccccc3Cl)nc12. The zero-order valence-corrected chi connectivity index (χ0v) is 19.6. The molecule has 0 bridgehead atoms. The third-order valence-electron chi connectivity index (χ3n) is 5.29. The van der Waals surface area contributed by atoms with Gasteiger partial charge in [0.05, 0.1) is 5.02 Å². The van der Waals surface area contributed by atoms with Gasteiger partial charge in [-0.2, -0.15) is 10.2 Å². The van der Waals surface area contributed by atoms with Gasteiger partial charge < -0.3 is 10.1 Å². The summed E-state index contributed by atoms with van der Waals surface area (Å²) >= 11 is 6.24. The molecule has 2 heterocycles. The smallest absolute Gasteiger partial charge is 0.269 e. The van der Waals surface area contributed by atoms with Crippen LogP contribution in [0.2, 0.25) is 5.02 Å². The first-order valence-electron chi connectivity index (χ1n) is 10.9. The minimum Gasteiger partial charge on any atom is -0.437 e. The van der Waals surface area contributed by atoms with Crippen molar-refractivity contribution < 1.29 is 9.53 Å². The third kappa shape index (κ3) is 5.40. The number of hydrogen-bond donors (Lipinski definition) is 1. The van der Waals surface area contributed by atoms with E-state index in [-0.39, 0.29) is 17.0 Å². The van der Waals surface area contributed by atoms with Crippen LogP contribution in [0.1, 0.15) is 16.7 Å². The lowest BCUT2D eigenvalue weighted by Crippen LogP contribution is -2.27. The molecular formula is C27H21ClN4O3. The molecule has 0 aliphatic carbocycles. The van der Waals surface area contributed by atoms with Gasteiger partial charge in [-0.05, 0) is 48.7 Å². The molecule has 174 valence electrons. The van der Waals surface area contributed by atoms with E-state index in [0.717, 1.165) is 11.1 Å². The number of rotatable bonds is 7. The average molecular weight is 485 g/mol. The predicted molar refractivity (Wildman–Crippen MR) is 134 cm³/mol. The number of fused-ring (bicyclic) bond motifs is 1. The molecule has 0 spiro atoms. The van der Waals surface area contributed by atoms with Gasteiger partial charge in [-0.15, -0.1) is 0 Å². The number of nitrogens with zero attached hydrogens (tertiary/aromatic N) is 3. The second-order valence-corrected chi connectivity index (χ2v) is 8.12. The van der Waals surface area contributed by atoms with E-state index in [9.17, 15) is 14.9 Å². The molecule has 1 amide bonds. The van der Waals surface area contributed by atoms with Gasteiger partial charge in [-0.3, -0.25) is 14.0 Å². The van der Waals surface area contributed by atoms with Crippen molar-refractivity contribution in [2.45, 2.75) is 13.3 Å². The Balaban J connectivity index is 1.72. The van der Waals surface area contributed by atoms with Gasteiger partial charge in [-0.1, -0.05) is 60.1 Å². The number of nitrogens with one attached hydrogen (secondary N) is 1. The summed E-state index contributed by atoms with van der Waals surface area (Å²) in [5.74, 6) is -0.359. The number of aryl methyl sites for hydroxylation is 1. The number of pyridine rings is 1. The van der Waals surface area contributed by atoms with Crippen molar-refractivity contribution in [3.8, 4) is 17.7 Å². The molecule has 0 saturated carbocycles. The number of carbonyl (C=O) groups excluding carboxylic acids is 1. The molecule has 7 nitrogen and oxygen atoms in total. The van der Waals surface area contributed by atoms with E-state index < -0.39 is 11.5 Å². The van der Waals surface area contributed by atoms with Gasteiger partial charge in [0.25, 0.3) is 11.5 Å². The van der Waals surface area contributed by atoms with E-state index in [1.807, 2.05) is 49.4 Å². The molecular weight excluding hydrogens is 464 g/mol. The van der Waals surface area contributed by atoms with Crippen LogP contribution in [0.4, 0.5) is 0 Å². The van der Waals surface area contributed by atoms with Crippen LogP contribution in [0.15, 0.2) is 83.3 Å². The summed E-state index contributed by atoms with van der Waals surface area (Å²) in [6.07, 6.45) is 3.38. The quantitative estimate of drug-likeness (QED) is 0.302. The first kappa shape index (κ1) is 23.7. The first-order chi connectivity index (χ1) is 17.0. The summed E-state index contributed by atoms with van der Waals surface area (Å²) in [4.78, 5) is 30.6. The van der Waals surface area contributed by atoms with Crippen LogP contribution in [0.3, 0.4) is 0 Å². The van der Waals surface area contributed by atoms with Gasteiger partial charge in [-0.25, -0.2) is 0 Å². The monoisotopic (exact) mass is 484 g/mol. The van der Waals surface area contributed by atoms with Crippen molar-refractivity contribution >= 4 is 29.2 Å². The van der Waals surface area contributed by atoms with Crippen LogP contribution in [-0.4, -0.2) is 21.8 Å². The number of benzene rings is 2. The zero-order chi connectivity index (χ0) is 24.8. The maximum atomic E-state index is 13.4. The van der Waals surface area contributed by atoms with Crippen molar-refractivity contribution in [1.29, 1.82) is 5.26 Å². The largest absolute Gasteiger partial charge is 0.437 e. The lowest BCUT2D eigenvalue weighted by molar-refractivity contribution is -0.117. The fourth-order valence-corrected chi connectivity index (χ4v) is 3.65. The number of nitriles is 1. The molecule has 1 N–H and O–H groups in total. The maximum absolute atomic E-state index is 13.4. The molecule has 35 heavy (non-hydrogen) atoms. The second kappa shape index (κ2) is 10.7. The lowest BCUT2D eigenvalue weighted by atomic mass is 10.1. The molecule has 2 aromatic carbocycles. The normalized spacial score (nSPS) is 11.2. The van der Waals surface area contributed by atoms with Crippen molar-refractivity contribution in [2.24, 2.45) is 0 Å². The highest BCUT2D eigenvalue weighted by molar-refractivity contribution is 6.32. The van der Waals surface area contributed by atoms with Gasteiger partial charge in [0.1, 0.15) is 28.6 Å². The van der Waals surface area contributed by atoms with Crippen LogP contribution < -0.4 is 15.6 Å². The number of halogens is 1. The van der Waals surface area contributed by atoms with E-state index in [0.29, 0.717) is 29.4 Å². The minimum absolute atomic E-state index is 0.0391. The Morgan fingerprint density at radius 2 is 1.89 bits per heavy atom. The fraction of sp³-hybridized carbons (Fsp3) is 0.111. The minimum atomic E-state index is -0.596. The van der Waals surface area contributed by atoms with Crippen molar-refractivity contribution in [3.63, 3.8) is 0 Å². The Hall–Kier alpha value is -4.41. The topological polar surface area (TPSA) is 96.5 Å². The highest BCUT2D eigenvalue weighted by Gasteiger charge is 2.18. The van der Waals surface area contributed by atoms with E-state index in [1.165, 1.54) is 10.5 Å². The lowest BCUT2D eigenvalue weighted by Gasteiger charge is -2.12. The highest BCUT2D eigenvalue weighted by atomic mass is 35.5. The number of para-hydroxylation sites is 1. The molecule has 0 aliphatic rings. The summed E-state index contributed by atoms with van der Waals surface area (Å²) in [6, 6.07) is 21.8. The molecule has 0 saturated heterocycles. The number of amides is 1. The maximum Gasteiger partial charge on any atom is 0.269 e. The number of ether oxygens (including phenoxy) is 1. The van der Waals surface area contributed by atoms with Crippen LogP contribution >= 0.6 is 11.6 Å². The van der Waals surface area contributed by atoms with Crippen LogP contribution in [0.25, 0.3) is 11.7 Å². The molecule has 4 aromatic rings. The van der Waals surface area contributed by atoms with Crippen molar-refractivity contribution in [1.82, 2.24) is 14.7 Å². The molecule has 8 heteroatoms. The van der Waals surface area contributed by atoms with Gasteiger partial charge in [0, 0.05) is 12.7 Å². The summed E-state index contributed by atoms with van der Waals surface area (Å²) in [6.45, 7) is 2.15. The summed E-state index contributed by atoms with van der Waals surface area (Å²) < 4.78 is 7.26. The summed E-state index contributed by atoms with van der Waals surface area (Å²) in [5, 5.41) is 12.7. The van der Waals surface area contributed by atoms with Crippen molar-refractivity contribution in [3.05, 3.63) is 111 Å². The van der Waals surface area contributed by atoms with Gasteiger partial charge in [0.2, 0.25) is 5.88 Å². The standard InChI is InChI=1S/C27H21ClN4O3/c1-18-8-7-15-32-24(18)31-26(35-23-12-6-5-11-22(23)28)21(27(32)34)16-20(17-29)25(33)30-14-13-19-9-3-2-4-10-19/h2-12,15-16H,13-14H2,1H3,(H,30,33). The Labute approximate surface area is 206 Å². The Morgan fingerprint density at radius 1 is 1.14 bits per heavy atom. The van der Waals surface area contributed by atoms with Crippen LogP contribution in [-0.2, 0) is 11.2 Å². The second-order valence-electron chi connectivity index (χ2n) is 7.71. The van der Waals surface area contributed by atoms with Crippen LogP contribution in [0, 0.1) is 18.3 Å². The fourth-order valence-electron chi connectivity index (χ4n) is 3.48. The molecule has 0 atom stereocenters. The number of hydrogen-bond acceptors (Lipinski definition) is 5. The number of carbonyl (C=O) groups is 1. The Morgan fingerprint density at radius 3 is 2.63 bits per heavy atom. The Bertz CT molecular complexity index is 1520. The van der Waals surface area contributed by atoms with Crippen LogP contribution in [0.5, 0.6) is 11.6 Å². The van der Waals surface area contributed by atoms with E-state index in [2.05, 4.69) is 10.3 Å². The third-order valence-corrected chi connectivity index (χ3v) is 5.60. The predicted octanol–water partition coefficient (Wildman–Crippen LogP) is 4.71. The molecule has 2 aromatic heterocycles. The summed E-state index contributed by atoms with van der Waals surface area (Å²) in [7, 11) is 0.